The number of carbonyl (C=O) groups is 1. The number of ether oxygens (including phenoxy) is 1. The minimum absolute atomic E-state index is 0.0000361. The molecule has 0 spiro atoms. The van der Waals surface area contributed by atoms with Crippen LogP contribution in [-0.4, -0.2) is 33.5 Å². The summed E-state index contributed by atoms with van der Waals surface area (Å²) in [4.78, 5) is 30.6. The molecule has 4 rings (SSSR count). The predicted octanol–water partition coefficient (Wildman–Crippen LogP) is 5.72. The summed E-state index contributed by atoms with van der Waals surface area (Å²) < 4.78 is 7.01. The van der Waals surface area contributed by atoms with Gasteiger partial charge in [-0.3, -0.25) is 14.2 Å². The first-order valence-corrected chi connectivity index (χ1v) is 12.8. The van der Waals surface area contributed by atoms with Crippen molar-refractivity contribution in [1.82, 2.24) is 15.0 Å². The van der Waals surface area contributed by atoms with Crippen molar-refractivity contribution in [3.05, 3.63) is 92.7 Å². The number of thioether (sulfide) groups is 1. The lowest BCUT2D eigenvalue weighted by molar-refractivity contribution is -0.118. The minimum atomic E-state index is -0.347. The summed E-state index contributed by atoms with van der Waals surface area (Å²) in [5, 5.41) is 5.87. The van der Waals surface area contributed by atoms with Crippen LogP contribution in [0.1, 0.15) is 19.4 Å². The summed E-state index contributed by atoms with van der Waals surface area (Å²) >= 11 is 13.2. The Kier molecular flexibility index (Phi) is 8.30. The van der Waals surface area contributed by atoms with E-state index in [1.165, 1.54) is 4.57 Å². The average Bonchev–Trinajstić information content (AvgIpc) is 2.88. The van der Waals surface area contributed by atoms with Gasteiger partial charge in [-0.1, -0.05) is 53.2 Å². The molecule has 0 bridgehead atoms. The average molecular weight is 541 g/mol. The molecule has 0 atom stereocenters. The molecule has 7 nitrogen and oxygen atoms in total. The summed E-state index contributed by atoms with van der Waals surface area (Å²) in [5.41, 5.74) is 4.80. The Bertz CT molecular complexity index is 1500. The van der Waals surface area contributed by atoms with Crippen molar-refractivity contribution >= 4 is 57.5 Å². The van der Waals surface area contributed by atoms with Crippen molar-refractivity contribution in [2.24, 2.45) is 5.10 Å². The van der Waals surface area contributed by atoms with Crippen LogP contribution in [-0.2, 0) is 4.79 Å². The van der Waals surface area contributed by atoms with Crippen LogP contribution >= 0.6 is 35.0 Å². The van der Waals surface area contributed by atoms with E-state index in [9.17, 15) is 9.59 Å². The van der Waals surface area contributed by atoms with Gasteiger partial charge in [0.25, 0.3) is 11.5 Å². The molecule has 0 aliphatic rings. The molecule has 3 aromatic carbocycles. The Labute approximate surface area is 222 Å². The van der Waals surface area contributed by atoms with Crippen molar-refractivity contribution in [3.8, 4) is 11.4 Å². The molecular formula is C26H22Cl2N4O3S. The van der Waals surface area contributed by atoms with Crippen LogP contribution in [0.5, 0.6) is 5.75 Å². The second-order valence-electron chi connectivity index (χ2n) is 7.63. The monoisotopic (exact) mass is 540 g/mol. The highest BCUT2D eigenvalue weighted by Crippen LogP contribution is 2.24. The zero-order valence-corrected chi connectivity index (χ0v) is 21.8. The number of para-hydroxylation sites is 1. The summed E-state index contributed by atoms with van der Waals surface area (Å²) in [6, 6.07) is 19.4. The van der Waals surface area contributed by atoms with E-state index in [1.807, 2.05) is 13.0 Å². The first-order chi connectivity index (χ1) is 17.4. The topological polar surface area (TPSA) is 85.6 Å². The smallest absolute Gasteiger partial charge is 0.266 e. The maximum absolute atomic E-state index is 13.4. The molecule has 4 aromatic rings. The fraction of sp³-hybridized carbons (Fsp3) is 0.154. The van der Waals surface area contributed by atoms with Gasteiger partial charge in [-0.25, -0.2) is 10.4 Å². The highest BCUT2D eigenvalue weighted by atomic mass is 35.5. The highest BCUT2D eigenvalue weighted by Gasteiger charge is 2.15. The van der Waals surface area contributed by atoms with Crippen LogP contribution in [0.15, 0.2) is 81.8 Å². The molecule has 10 heteroatoms. The van der Waals surface area contributed by atoms with Crippen LogP contribution in [0.2, 0.25) is 10.0 Å². The van der Waals surface area contributed by atoms with Crippen LogP contribution in [0.25, 0.3) is 16.6 Å². The molecule has 1 amide bonds. The Morgan fingerprint density at radius 1 is 1.08 bits per heavy atom. The van der Waals surface area contributed by atoms with E-state index < -0.39 is 0 Å². The van der Waals surface area contributed by atoms with E-state index in [2.05, 4.69) is 15.5 Å². The Balaban J connectivity index is 1.57. The quantitative estimate of drug-likeness (QED) is 0.133. The van der Waals surface area contributed by atoms with E-state index in [4.69, 9.17) is 27.9 Å². The second kappa shape index (κ2) is 11.6. The molecule has 1 aromatic heterocycles. The number of rotatable bonds is 8. The molecule has 0 fully saturated rings. The van der Waals surface area contributed by atoms with Crippen molar-refractivity contribution in [2.75, 3.05) is 12.4 Å². The van der Waals surface area contributed by atoms with E-state index in [0.29, 0.717) is 49.9 Å². The van der Waals surface area contributed by atoms with Crippen LogP contribution in [0.4, 0.5) is 0 Å². The highest BCUT2D eigenvalue weighted by molar-refractivity contribution is 7.99. The number of benzene rings is 3. The summed E-state index contributed by atoms with van der Waals surface area (Å²) in [5.74, 6) is 0.354. The molecule has 184 valence electrons. The molecule has 0 unspecified atom stereocenters. The number of nitrogens with one attached hydrogen (secondary N) is 1. The predicted molar refractivity (Wildman–Crippen MR) is 146 cm³/mol. The fourth-order valence-corrected chi connectivity index (χ4v) is 4.49. The molecule has 0 saturated carbocycles. The SMILES string of the molecule is CCOc1ccc(-n2c(SCC(=O)NN=C(C)c3ccc(Cl)c(Cl)c3)nc3ccccc3c2=O)cc1. The third-order valence-electron chi connectivity index (χ3n) is 5.17. The van der Waals surface area contributed by atoms with Gasteiger partial charge in [0.2, 0.25) is 0 Å². The Morgan fingerprint density at radius 2 is 1.83 bits per heavy atom. The molecular weight excluding hydrogens is 519 g/mol. The van der Waals surface area contributed by atoms with Crippen molar-refractivity contribution < 1.29 is 9.53 Å². The molecule has 36 heavy (non-hydrogen) atoms. The lowest BCUT2D eigenvalue weighted by atomic mass is 10.1. The van der Waals surface area contributed by atoms with Gasteiger partial charge in [0.15, 0.2) is 5.16 Å². The van der Waals surface area contributed by atoms with Gasteiger partial charge in [0.05, 0.1) is 44.7 Å². The number of nitrogens with zero attached hydrogens (tertiary/aromatic N) is 3. The third kappa shape index (κ3) is 5.90. The third-order valence-corrected chi connectivity index (χ3v) is 6.85. The van der Waals surface area contributed by atoms with Gasteiger partial charge in [-0.15, -0.1) is 0 Å². The second-order valence-corrected chi connectivity index (χ2v) is 9.39. The molecule has 0 radical (unpaired) electrons. The lowest BCUT2D eigenvalue weighted by Gasteiger charge is -2.13. The van der Waals surface area contributed by atoms with E-state index in [1.54, 1.807) is 67.6 Å². The Hall–Kier alpha value is -3.33. The fourth-order valence-electron chi connectivity index (χ4n) is 3.39. The van der Waals surface area contributed by atoms with Crippen LogP contribution in [0, 0.1) is 0 Å². The van der Waals surface area contributed by atoms with E-state index in [0.717, 1.165) is 17.3 Å². The van der Waals surface area contributed by atoms with Gasteiger partial charge >= 0.3 is 0 Å². The molecule has 0 aliphatic carbocycles. The maximum Gasteiger partial charge on any atom is 0.266 e. The standard InChI is InChI=1S/C26H22Cl2N4O3S/c1-3-35-19-11-9-18(10-12-19)32-25(34)20-6-4-5-7-23(20)29-26(32)36-15-24(33)31-30-16(2)17-8-13-21(27)22(28)14-17/h4-14H,3,15H2,1-2H3,(H,31,33). The van der Waals surface area contributed by atoms with Crippen molar-refractivity contribution in [2.45, 2.75) is 19.0 Å². The lowest BCUT2D eigenvalue weighted by Crippen LogP contribution is -2.24. The molecule has 0 saturated heterocycles. The zero-order valence-electron chi connectivity index (χ0n) is 19.5. The normalized spacial score (nSPS) is 11.5. The van der Waals surface area contributed by atoms with E-state index >= 15 is 0 Å². The Morgan fingerprint density at radius 3 is 2.56 bits per heavy atom. The number of hydrogen-bond donors (Lipinski definition) is 1. The molecule has 1 heterocycles. The van der Waals surface area contributed by atoms with Crippen LogP contribution < -0.4 is 15.7 Å². The molecule has 1 N–H and O–H groups in total. The van der Waals surface area contributed by atoms with Crippen LogP contribution in [0.3, 0.4) is 0 Å². The first kappa shape index (κ1) is 25.8. The summed E-state index contributed by atoms with van der Waals surface area (Å²) in [6.45, 7) is 4.20. The minimum Gasteiger partial charge on any atom is -0.494 e. The number of carbonyl (C=O) groups excluding carboxylic acids is 1. The molecule has 0 aliphatic heterocycles. The van der Waals surface area contributed by atoms with Gasteiger partial charge in [-0.2, -0.15) is 5.10 Å². The zero-order chi connectivity index (χ0) is 25.7. The largest absolute Gasteiger partial charge is 0.494 e. The van der Waals surface area contributed by atoms with E-state index in [-0.39, 0.29) is 17.2 Å². The van der Waals surface area contributed by atoms with Gasteiger partial charge in [0.1, 0.15) is 5.75 Å². The summed E-state index contributed by atoms with van der Waals surface area (Å²) in [6.07, 6.45) is 0. The number of aromatic nitrogens is 2. The van der Waals surface area contributed by atoms with Crippen molar-refractivity contribution in [1.29, 1.82) is 0 Å². The van der Waals surface area contributed by atoms with Gasteiger partial charge < -0.3 is 4.74 Å². The first-order valence-electron chi connectivity index (χ1n) is 11.0. The summed E-state index contributed by atoms with van der Waals surface area (Å²) in [7, 11) is 0. The number of halogens is 2. The number of hydrazone groups is 1. The number of fused-ring (bicyclic) bond motifs is 1. The number of amides is 1. The number of hydrogen-bond acceptors (Lipinski definition) is 6. The maximum atomic E-state index is 13.4. The van der Waals surface area contributed by atoms with Crippen molar-refractivity contribution in [3.63, 3.8) is 0 Å². The van der Waals surface area contributed by atoms with Gasteiger partial charge in [0, 0.05) is 0 Å². The van der Waals surface area contributed by atoms with Gasteiger partial charge in [-0.05, 0) is 67.9 Å².